The second kappa shape index (κ2) is 3.42. The summed E-state index contributed by atoms with van der Waals surface area (Å²) in [7, 11) is 0. The highest BCUT2D eigenvalue weighted by atomic mass is 16.2. The third-order valence-corrected chi connectivity index (χ3v) is 2.67. The number of aryl methyl sites for hydroxylation is 1. The second-order valence-corrected chi connectivity index (χ2v) is 3.82. The smallest absolute Gasteiger partial charge is 0.265 e. The quantitative estimate of drug-likeness (QED) is 0.421. The number of rotatable bonds is 2. The predicted octanol–water partition coefficient (Wildman–Crippen LogP) is 1.48. The molecule has 74 valence electrons. The maximum atomic E-state index is 11.3. The Balaban J connectivity index is 2.30. The van der Waals surface area contributed by atoms with E-state index < -0.39 is 0 Å². The third kappa shape index (κ3) is 1.63. The monoisotopic (exact) mass is 190 g/mol. The number of nitrogens with two attached hydrogens (primary N) is 1. The Hall–Kier alpha value is -1.35. The topological polar surface area (TPSA) is 55.1 Å². The number of nitrogen functional groups attached to an aromatic ring is 1. The van der Waals surface area contributed by atoms with Crippen LogP contribution >= 0.6 is 0 Å². The van der Waals surface area contributed by atoms with Crippen molar-refractivity contribution in [2.24, 2.45) is 5.84 Å². The first-order valence-corrected chi connectivity index (χ1v) is 4.84. The summed E-state index contributed by atoms with van der Waals surface area (Å²) in [5.41, 5.74) is 5.15. The van der Waals surface area contributed by atoms with Crippen molar-refractivity contribution in [1.29, 1.82) is 0 Å². The molecule has 0 heterocycles. The molecular formula is C11H14N2O. The van der Waals surface area contributed by atoms with Gasteiger partial charge < -0.3 is 0 Å². The van der Waals surface area contributed by atoms with Crippen molar-refractivity contribution in [2.45, 2.75) is 25.7 Å². The highest BCUT2D eigenvalue weighted by Gasteiger charge is 2.24. The van der Waals surface area contributed by atoms with Gasteiger partial charge in [0.15, 0.2) is 0 Å². The van der Waals surface area contributed by atoms with Crippen molar-refractivity contribution >= 4 is 5.91 Å². The van der Waals surface area contributed by atoms with Crippen molar-refractivity contribution in [3.05, 3.63) is 34.9 Å². The average molecular weight is 190 g/mol. The van der Waals surface area contributed by atoms with Crippen molar-refractivity contribution in [1.82, 2.24) is 5.43 Å². The molecule has 1 aliphatic carbocycles. The van der Waals surface area contributed by atoms with E-state index in [0.29, 0.717) is 5.56 Å². The van der Waals surface area contributed by atoms with Crippen molar-refractivity contribution in [3.8, 4) is 0 Å². The van der Waals surface area contributed by atoms with Crippen LogP contribution in [0.4, 0.5) is 0 Å². The molecule has 0 unspecified atom stereocenters. The molecule has 1 aromatic rings. The molecule has 2 rings (SSSR count). The van der Waals surface area contributed by atoms with E-state index in [1.807, 2.05) is 19.1 Å². The molecule has 0 saturated heterocycles. The van der Waals surface area contributed by atoms with Crippen LogP contribution in [0.25, 0.3) is 0 Å². The Morgan fingerprint density at radius 3 is 2.71 bits per heavy atom. The number of nitrogens with one attached hydrogen (secondary N) is 1. The van der Waals surface area contributed by atoms with Crippen LogP contribution in [0.3, 0.4) is 0 Å². The van der Waals surface area contributed by atoms with E-state index in [-0.39, 0.29) is 5.91 Å². The molecule has 0 aromatic heterocycles. The van der Waals surface area contributed by atoms with Crippen LogP contribution in [-0.2, 0) is 0 Å². The molecule has 1 saturated carbocycles. The number of hydrogen-bond acceptors (Lipinski definition) is 2. The van der Waals surface area contributed by atoms with Gasteiger partial charge in [0.25, 0.3) is 5.91 Å². The number of carbonyl (C=O) groups is 1. The summed E-state index contributed by atoms with van der Waals surface area (Å²) in [6.45, 7) is 1.94. The Morgan fingerprint density at radius 1 is 1.50 bits per heavy atom. The van der Waals surface area contributed by atoms with Gasteiger partial charge in [-0.2, -0.15) is 0 Å². The largest absolute Gasteiger partial charge is 0.290 e. The van der Waals surface area contributed by atoms with Crippen LogP contribution in [0.1, 0.15) is 40.2 Å². The molecule has 3 N–H and O–H groups in total. The third-order valence-electron chi connectivity index (χ3n) is 2.67. The van der Waals surface area contributed by atoms with Gasteiger partial charge in [-0.25, -0.2) is 5.84 Å². The number of hydrazine groups is 1. The number of benzene rings is 1. The normalized spacial score (nSPS) is 15.3. The molecule has 0 bridgehead atoms. The molecule has 0 radical (unpaired) electrons. The molecule has 1 fully saturated rings. The van der Waals surface area contributed by atoms with Gasteiger partial charge in [0.2, 0.25) is 0 Å². The lowest BCUT2D eigenvalue weighted by atomic mass is 10.0. The summed E-state index contributed by atoms with van der Waals surface area (Å²) in [6, 6.07) is 5.96. The standard InChI is InChI=1S/C11H14N2O/c1-7-6-9(8-2-3-8)4-5-10(7)11(14)13-12/h4-6,8H,2-3,12H2,1H3,(H,13,14). The lowest BCUT2D eigenvalue weighted by Gasteiger charge is -2.06. The van der Waals surface area contributed by atoms with Crippen molar-refractivity contribution in [2.75, 3.05) is 0 Å². The van der Waals surface area contributed by atoms with Gasteiger partial charge in [0, 0.05) is 5.56 Å². The molecule has 1 aliphatic rings. The van der Waals surface area contributed by atoms with Gasteiger partial charge in [0.05, 0.1) is 0 Å². The minimum atomic E-state index is -0.218. The van der Waals surface area contributed by atoms with Gasteiger partial charge in [-0.05, 0) is 42.9 Å². The molecule has 3 heteroatoms. The summed E-state index contributed by atoms with van der Waals surface area (Å²) in [4.78, 5) is 11.3. The van der Waals surface area contributed by atoms with Crippen molar-refractivity contribution in [3.63, 3.8) is 0 Å². The van der Waals surface area contributed by atoms with Crippen LogP contribution < -0.4 is 11.3 Å². The van der Waals surface area contributed by atoms with Crippen LogP contribution in [-0.4, -0.2) is 5.91 Å². The minimum absolute atomic E-state index is 0.218. The predicted molar refractivity (Wildman–Crippen MR) is 54.8 cm³/mol. The van der Waals surface area contributed by atoms with Gasteiger partial charge >= 0.3 is 0 Å². The SMILES string of the molecule is Cc1cc(C2CC2)ccc1C(=O)NN. The van der Waals surface area contributed by atoms with Crippen molar-refractivity contribution < 1.29 is 4.79 Å². The van der Waals surface area contributed by atoms with Crippen LogP contribution in [0.15, 0.2) is 18.2 Å². The lowest BCUT2D eigenvalue weighted by Crippen LogP contribution is -2.30. The fourth-order valence-corrected chi connectivity index (χ4v) is 1.69. The maximum Gasteiger partial charge on any atom is 0.265 e. The van der Waals surface area contributed by atoms with Gasteiger partial charge in [0.1, 0.15) is 0 Å². The molecule has 1 amide bonds. The summed E-state index contributed by atoms with van der Waals surface area (Å²) < 4.78 is 0. The Morgan fingerprint density at radius 2 is 2.21 bits per heavy atom. The van der Waals surface area contributed by atoms with E-state index in [2.05, 4.69) is 11.5 Å². The Bertz CT molecular complexity index is 370. The summed E-state index contributed by atoms with van der Waals surface area (Å²) in [5, 5.41) is 0. The first-order chi connectivity index (χ1) is 6.72. The molecule has 0 atom stereocenters. The van der Waals surface area contributed by atoms with Crippen LogP contribution in [0, 0.1) is 6.92 Å². The fraction of sp³-hybridized carbons (Fsp3) is 0.364. The molecule has 3 nitrogen and oxygen atoms in total. The number of carbonyl (C=O) groups excluding carboxylic acids is 1. The average Bonchev–Trinajstić information content (AvgIpc) is 3.00. The molecule has 14 heavy (non-hydrogen) atoms. The van der Waals surface area contributed by atoms with E-state index in [0.717, 1.165) is 11.5 Å². The Kier molecular flexibility index (Phi) is 2.25. The van der Waals surface area contributed by atoms with Gasteiger partial charge in [-0.1, -0.05) is 12.1 Å². The first-order valence-electron chi connectivity index (χ1n) is 4.84. The number of amides is 1. The fourth-order valence-electron chi connectivity index (χ4n) is 1.69. The second-order valence-electron chi connectivity index (χ2n) is 3.82. The summed E-state index contributed by atoms with van der Waals surface area (Å²) >= 11 is 0. The van der Waals surface area contributed by atoms with Gasteiger partial charge in [-0.3, -0.25) is 10.2 Å². The molecular weight excluding hydrogens is 176 g/mol. The van der Waals surface area contributed by atoms with Crippen LogP contribution in [0.2, 0.25) is 0 Å². The van der Waals surface area contributed by atoms with E-state index in [1.54, 1.807) is 0 Å². The highest BCUT2D eigenvalue weighted by molar-refractivity contribution is 5.95. The van der Waals surface area contributed by atoms with Gasteiger partial charge in [-0.15, -0.1) is 0 Å². The zero-order valence-electron chi connectivity index (χ0n) is 8.21. The highest BCUT2D eigenvalue weighted by Crippen LogP contribution is 2.40. The Labute approximate surface area is 83.3 Å². The van der Waals surface area contributed by atoms with E-state index in [1.165, 1.54) is 18.4 Å². The minimum Gasteiger partial charge on any atom is -0.290 e. The molecule has 0 aliphatic heterocycles. The van der Waals surface area contributed by atoms with E-state index in [4.69, 9.17) is 5.84 Å². The first kappa shape index (κ1) is 9.21. The summed E-state index contributed by atoms with van der Waals surface area (Å²) in [5.74, 6) is 5.59. The molecule has 0 spiro atoms. The van der Waals surface area contributed by atoms with E-state index in [9.17, 15) is 4.79 Å². The van der Waals surface area contributed by atoms with Crippen LogP contribution in [0.5, 0.6) is 0 Å². The van der Waals surface area contributed by atoms with E-state index >= 15 is 0 Å². The maximum absolute atomic E-state index is 11.3. The lowest BCUT2D eigenvalue weighted by molar-refractivity contribution is 0.0953. The zero-order chi connectivity index (χ0) is 10.1. The number of hydrogen-bond donors (Lipinski definition) is 2. The molecule has 1 aromatic carbocycles. The summed E-state index contributed by atoms with van der Waals surface area (Å²) in [6.07, 6.45) is 2.56. The zero-order valence-corrected chi connectivity index (χ0v) is 8.21.